The number of hydrogen-bond acceptors (Lipinski definition) is 5. The fourth-order valence-corrected chi connectivity index (χ4v) is 2.57. The van der Waals surface area contributed by atoms with Crippen LogP contribution in [-0.4, -0.2) is 52.6 Å². The molecule has 2 heterocycles. The summed E-state index contributed by atoms with van der Waals surface area (Å²) in [5.41, 5.74) is 6.54. The lowest BCUT2D eigenvalue weighted by Crippen LogP contribution is -2.60. The number of piperazine rings is 1. The Kier molecular flexibility index (Phi) is 4.13. The Morgan fingerprint density at radius 1 is 1.35 bits per heavy atom. The van der Waals surface area contributed by atoms with Crippen LogP contribution < -0.4 is 10.6 Å². The van der Waals surface area contributed by atoms with Crippen molar-refractivity contribution < 1.29 is 5.21 Å². The van der Waals surface area contributed by atoms with Gasteiger partial charge in [0.1, 0.15) is 5.82 Å². The van der Waals surface area contributed by atoms with E-state index in [1.54, 1.807) is 0 Å². The van der Waals surface area contributed by atoms with Crippen LogP contribution in [0.5, 0.6) is 0 Å². The molecule has 110 valence electrons. The molecule has 3 N–H and O–H groups in total. The van der Waals surface area contributed by atoms with Gasteiger partial charge in [0.25, 0.3) is 0 Å². The second kappa shape index (κ2) is 5.66. The lowest BCUT2D eigenvalue weighted by Gasteiger charge is -2.43. The second-order valence-corrected chi connectivity index (χ2v) is 5.66. The molecule has 1 aliphatic rings. The topological polar surface area (TPSA) is 78.0 Å². The first kappa shape index (κ1) is 14.6. The van der Waals surface area contributed by atoms with E-state index in [4.69, 9.17) is 10.9 Å². The summed E-state index contributed by atoms with van der Waals surface area (Å²) < 4.78 is 0. The van der Waals surface area contributed by atoms with Crippen molar-refractivity contribution in [1.29, 1.82) is 0 Å². The molecule has 0 unspecified atom stereocenters. The van der Waals surface area contributed by atoms with Gasteiger partial charge in [0.05, 0.1) is 5.54 Å². The van der Waals surface area contributed by atoms with Gasteiger partial charge in [-0.3, -0.25) is 4.90 Å². The Morgan fingerprint density at radius 2 is 2.00 bits per heavy atom. The minimum absolute atomic E-state index is 0.250. The van der Waals surface area contributed by atoms with Crippen molar-refractivity contribution >= 4 is 11.7 Å². The van der Waals surface area contributed by atoms with Crippen LogP contribution in [0.15, 0.2) is 23.5 Å². The lowest BCUT2D eigenvalue weighted by atomic mass is 10.00. The number of aromatic nitrogens is 1. The number of amidine groups is 1. The van der Waals surface area contributed by atoms with Gasteiger partial charge in [-0.05, 0) is 32.4 Å². The van der Waals surface area contributed by atoms with E-state index < -0.39 is 5.54 Å². The number of nitrogens with two attached hydrogens (primary N) is 1. The number of nitrogens with zero attached hydrogens (tertiary/aromatic N) is 4. The van der Waals surface area contributed by atoms with Crippen LogP contribution in [-0.2, 0) is 0 Å². The van der Waals surface area contributed by atoms with Gasteiger partial charge in [-0.15, -0.1) is 0 Å². The highest BCUT2D eigenvalue weighted by Crippen LogP contribution is 2.22. The van der Waals surface area contributed by atoms with Crippen LogP contribution in [0.25, 0.3) is 0 Å². The molecule has 0 bridgehead atoms. The predicted molar refractivity (Wildman–Crippen MR) is 80.2 cm³/mol. The third kappa shape index (κ3) is 2.70. The first-order chi connectivity index (χ1) is 9.46. The zero-order valence-electron chi connectivity index (χ0n) is 12.4. The Hall–Kier alpha value is -1.82. The number of hydrogen-bond donors (Lipinski definition) is 2. The fraction of sp³-hybridized carbons (Fsp3) is 0.571. The molecule has 0 aromatic carbocycles. The quantitative estimate of drug-likeness (QED) is 0.373. The second-order valence-electron chi connectivity index (χ2n) is 5.66. The SMILES string of the molecule is Cc1cccnc1N1CCN(C(C)(C)C(N)=NO)CC1. The third-order valence-electron chi connectivity index (χ3n) is 4.09. The van der Waals surface area contributed by atoms with Crippen molar-refractivity contribution in [3.05, 3.63) is 23.9 Å². The van der Waals surface area contributed by atoms with Crippen LogP contribution in [0.1, 0.15) is 19.4 Å². The zero-order chi connectivity index (χ0) is 14.8. The number of rotatable bonds is 3. The summed E-state index contributed by atoms with van der Waals surface area (Å²) in [7, 11) is 0. The van der Waals surface area contributed by atoms with Crippen LogP contribution in [0, 0.1) is 6.92 Å². The first-order valence-electron chi connectivity index (χ1n) is 6.86. The van der Waals surface area contributed by atoms with E-state index in [0.29, 0.717) is 0 Å². The molecule has 20 heavy (non-hydrogen) atoms. The Labute approximate surface area is 119 Å². The molecule has 0 amide bonds. The molecule has 6 nitrogen and oxygen atoms in total. The molecular weight excluding hydrogens is 254 g/mol. The number of oxime groups is 1. The predicted octanol–water partition coefficient (Wildman–Crippen LogP) is 1.04. The first-order valence-corrected chi connectivity index (χ1v) is 6.86. The molecule has 1 aromatic rings. The third-order valence-corrected chi connectivity index (χ3v) is 4.09. The van der Waals surface area contributed by atoms with Crippen LogP contribution >= 0.6 is 0 Å². The lowest BCUT2D eigenvalue weighted by molar-refractivity contribution is 0.161. The van der Waals surface area contributed by atoms with Crippen LogP contribution in [0.3, 0.4) is 0 Å². The molecule has 0 saturated carbocycles. The molecule has 1 saturated heterocycles. The van der Waals surface area contributed by atoms with E-state index in [-0.39, 0.29) is 5.84 Å². The van der Waals surface area contributed by atoms with Crippen molar-refractivity contribution in [2.75, 3.05) is 31.1 Å². The van der Waals surface area contributed by atoms with Crippen LogP contribution in [0.2, 0.25) is 0 Å². The molecule has 1 fully saturated rings. The highest BCUT2D eigenvalue weighted by Gasteiger charge is 2.34. The van der Waals surface area contributed by atoms with Gasteiger partial charge >= 0.3 is 0 Å². The number of aryl methyl sites for hydroxylation is 1. The maximum absolute atomic E-state index is 8.88. The van der Waals surface area contributed by atoms with E-state index in [9.17, 15) is 0 Å². The smallest absolute Gasteiger partial charge is 0.159 e. The maximum Gasteiger partial charge on any atom is 0.159 e. The summed E-state index contributed by atoms with van der Waals surface area (Å²) in [5.74, 6) is 1.30. The molecule has 0 radical (unpaired) electrons. The molecule has 0 spiro atoms. The van der Waals surface area contributed by atoms with E-state index >= 15 is 0 Å². The van der Waals surface area contributed by atoms with E-state index in [2.05, 4.69) is 32.9 Å². The van der Waals surface area contributed by atoms with Crippen molar-refractivity contribution in [1.82, 2.24) is 9.88 Å². The van der Waals surface area contributed by atoms with Gasteiger partial charge in [0.15, 0.2) is 5.84 Å². The molecule has 2 rings (SSSR count). The standard InChI is InChI=1S/C14H23N5O/c1-11-5-4-6-16-12(11)18-7-9-19(10-8-18)14(2,3)13(15)17-20/h4-6,20H,7-10H2,1-3H3,(H2,15,17). The van der Waals surface area contributed by atoms with Crippen molar-refractivity contribution in [2.45, 2.75) is 26.3 Å². The fourth-order valence-electron chi connectivity index (χ4n) is 2.57. The summed E-state index contributed by atoms with van der Waals surface area (Å²) in [6.07, 6.45) is 1.83. The minimum atomic E-state index is -0.431. The minimum Gasteiger partial charge on any atom is -0.409 e. The van der Waals surface area contributed by atoms with Gasteiger partial charge in [-0.2, -0.15) is 0 Å². The summed E-state index contributed by atoms with van der Waals surface area (Å²) in [6, 6.07) is 4.03. The summed E-state index contributed by atoms with van der Waals surface area (Å²) in [4.78, 5) is 8.98. The molecule has 1 aromatic heterocycles. The highest BCUT2D eigenvalue weighted by molar-refractivity contribution is 5.88. The van der Waals surface area contributed by atoms with Gasteiger partial charge in [-0.25, -0.2) is 4.98 Å². The molecule has 0 aliphatic carbocycles. The maximum atomic E-state index is 8.88. The van der Waals surface area contributed by atoms with Crippen LogP contribution in [0.4, 0.5) is 5.82 Å². The van der Waals surface area contributed by atoms with Gasteiger partial charge in [0, 0.05) is 32.4 Å². The van der Waals surface area contributed by atoms with Crippen molar-refractivity contribution in [3.8, 4) is 0 Å². The molecule has 0 atom stereocenters. The van der Waals surface area contributed by atoms with E-state index in [1.807, 2.05) is 26.1 Å². The summed E-state index contributed by atoms with van der Waals surface area (Å²) in [6.45, 7) is 9.53. The van der Waals surface area contributed by atoms with Gasteiger partial charge < -0.3 is 15.8 Å². The van der Waals surface area contributed by atoms with Gasteiger partial charge in [0.2, 0.25) is 0 Å². The molecular formula is C14H23N5O. The largest absolute Gasteiger partial charge is 0.409 e. The number of anilines is 1. The van der Waals surface area contributed by atoms with Crippen molar-refractivity contribution in [3.63, 3.8) is 0 Å². The Morgan fingerprint density at radius 3 is 2.55 bits per heavy atom. The highest BCUT2D eigenvalue weighted by atomic mass is 16.4. The Bertz CT molecular complexity index is 492. The van der Waals surface area contributed by atoms with Crippen molar-refractivity contribution in [2.24, 2.45) is 10.9 Å². The molecule has 1 aliphatic heterocycles. The monoisotopic (exact) mass is 277 g/mol. The summed E-state index contributed by atoms with van der Waals surface area (Å²) >= 11 is 0. The molecule has 6 heteroatoms. The Balaban J connectivity index is 2.05. The van der Waals surface area contributed by atoms with E-state index in [0.717, 1.165) is 32.0 Å². The van der Waals surface area contributed by atoms with Gasteiger partial charge in [-0.1, -0.05) is 11.2 Å². The average Bonchev–Trinajstić information content (AvgIpc) is 2.47. The summed E-state index contributed by atoms with van der Waals surface area (Å²) in [5, 5.41) is 12.0. The zero-order valence-corrected chi connectivity index (χ0v) is 12.4. The average molecular weight is 277 g/mol. The van der Waals surface area contributed by atoms with E-state index in [1.165, 1.54) is 5.56 Å². The normalized spacial score (nSPS) is 18.4. The number of pyridine rings is 1.